The number of imidazole rings is 1. The SMILES string of the molecule is O=C(CSc1nc2cc(F)c(F)cc2[nH]1)Nc1cc(F)ccc1F. The maximum absolute atomic E-state index is 13.4. The number of aromatic amines is 1. The number of nitrogens with one attached hydrogen (secondary N) is 2. The fourth-order valence-corrected chi connectivity index (χ4v) is 2.65. The summed E-state index contributed by atoms with van der Waals surface area (Å²) < 4.78 is 52.7. The lowest BCUT2D eigenvalue weighted by Gasteiger charge is -2.05. The Morgan fingerprint density at radius 3 is 2.62 bits per heavy atom. The van der Waals surface area contributed by atoms with Crippen molar-refractivity contribution in [2.45, 2.75) is 5.16 Å². The number of benzene rings is 2. The van der Waals surface area contributed by atoms with Crippen LogP contribution in [0.2, 0.25) is 0 Å². The number of carbonyl (C=O) groups is 1. The first-order valence-electron chi connectivity index (χ1n) is 6.65. The maximum atomic E-state index is 13.4. The molecule has 0 fully saturated rings. The third kappa shape index (κ3) is 3.51. The van der Waals surface area contributed by atoms with Crippen molar-refractivity contribution in [3.8, 4) is 0 Å². The summed E-state index contributed by atoms with van der Waals surface area (Å²) in [7, 11) is 0. The van der Waals surface area contributed by atoms with Crippen LogP contribution in [-0.2, 0) is 4.79 Å². The summed E-state index contributed by atoms with van der Waals surface area (Å²) in [6.45, 7) is 0. The van der Waals surface area contributed by atoms with Crippen LogP contribution in [0.25, 0.3) is 11.0 Å². The van der Waals surface area contributed by atoms with Crippen LogP contribution in [-0.4, -0.2) is 21.6 Å². The number of thioether (sulfide) groups is 1. The van der Waals surface area contributed by atoms with Gasteiger partial charge in [0.05, 0.1) is 22.5 Å². The summed E-state index contributed by atoms with van der Waals surface area (Å²) in [4.78, 5) is 18.5. The van der Waals surface area contributed by atoms with Crippen molar-refractivity contribution in [3.63, 3.8) is 0 Å². The molecule has 1 heterocycles. The van der Waals surface area contributed by atoms with E-state index in [0.29, 0.717) is 0 Å². The first-order valence-corrected chi connectivity index (χ1v) is 7.63. The van der Waals surface area contributed by atoms with E-state index >= 15 is 0 Å². The third-order valence-electron chi connectivity index (χ3n) is 3.04. The Hall–Kier alpha value is -2.55. The highest BCUT2D eigenvalue weighted by Crippen LogP contribution is 2.22. The molecule has 9 heteroatoms. The van der Waals surface area contributed by atoms with Crippen LogP contribution in [0, 0.1) is 23.3 Å². The molecule has 0 unspecified atom stereocenters. The maximum Gasteiger partial charge on any atom is 0.234 e. The van der Waals surface area contributed by atoms with Crippen LogP contribution in [0.4, 0.5) is 23.2 Å². The van der Waals surface area contributed by atoms with Gasteiger partial charge in [0.15, 0.2) is 16.8 Å². The van der Waals surface area contributed by atoms with Crippen LogP contribution < -0.4 is 5.32 Å². The van der Waals surface area contributed by atoms with Crippen LogP contribution in [0.15, 0.2) is 35.5 Å². The number of nitrogens with zero attached hydrogens (tertiary/aromatic N) is 1. The normalized spacial score (nSPS) is 11.0. The van der Waals surface area contributed by atoms with Crippen molar-refractivity contribution < 1.29 is 22.4 Å². The molecule has 2 aromatic carbocycles. The molecule has 0 aliphatic heterocycles. The number of aromatic nitrogens is 2. The van der Waals surface area contributed by atoms with E-state index in [1.807, 2.05) is 0 Å². The minimum Gasteiger partial charge on any atom is -0.333 e. The number of H-pyrrole nitrogens is 1. The van der Waals surface area contributed by atoms with Gasteiger partial charge in [0.2, 0.25) is 5.91 Å². The van der Waals surface area contributed by atoms with Gasteiger partial charge in [0.1, 0.15) is 11.6 Å². The molecule has 0 aliphatic rings. The second-order valence-electron chi connectivity index (χ2n) is 4.79. The summed E-state index contributed by atoms with van der Waals surface area (Å²) in [5.74, 6) is -4.21. The van der Waals surface area contributed by atoms with E-state index in [2.05, 4.69) is 15.3 Å². The van der Waals surface area contributed by atoms with E-state index in [1.54, 1.807) is 0 Å². The summed E-state index contributed by atoms with van der Waals surface area (Å²) in [6.07, 6.45) is 0. The van der Waals surface area contributed by atoms with Crippen LogP contribution >= 0.6 is 11.8 Å². The molecule has 0 saturated carbocycles. The van der Waals surface area contributed by atoms with Crippen molar-refractivity contribution in [2.24, 2.45) is 0 Å². The highest BCUT2D eigenvalue weighted by molar-refractivity contribution is 7.99. The topological polar surface area (TPSA) is 57.8 Å². The first kappa shape index (κ1) is 16.3. The van der Waals surface area contributed by atoms with Gasteiger partial charge in [0, 0.05) is 18.2 Å². The Balaban J connectivity index is 1.67. The first-order chi connectivity index (χ1) is 11.4. The molecule has 1 aromatic heterocycles. The smallest absolute Gasteiger partial charge is 0.234 e. The van der Waals surface area contributed by atoms with Crippen LogP contribution in [0.3, 0.4) is 0 Å². The molecular formula is C15H9F4N3OS. The number of carbonyl (C=O) groups excluding carboxylic acids is 1. The molecule has 0 spiro atoms. The quantitative estimate of drug-likeness (QED) is 0.552. The zero-order valence-electron chi connectivity index (χ0n) is 11.9. The van der Waals surface area contributed by atoms with Gasteiger partial charge in [-0.15, -0.1) is 0 Å². The van der Waals surface area contributed by atoms with Crippen molar-refractivity contribution in [1.29, 1.82) is 0 Å². The van der Waals surface area contributed by atoms with Gasteiger partial charge in [0.25, 0.3) is 0 Å². The van der Waals surface area contributed by atoms with E-state index in [4.69, 9.17) is 0 Å². The number of fused-ring (bicyclic) bond motifs is 1. The Bertz CT molecular complexity index is 889. The van der Waals surface area contributed by atoms with Gasteiger partial charge in [-0.2, -0.15) is 0 Å². The molecule has 0 bridgehead atoms. The lowest BCUT2D eigenvalue weighted by atomic mass is 10.3. The number of anilines is 1. The number of hydrogen-bond donors (Lipinski definition) is 2. The molecule has 3 aromatic rings. The van der Waals surface area contributed by atoms with E-state index in [1.165, 1.54) is 0 Å². The molecule has 3 rings (SSSR count). The highest BCUT2D eigenvalue weighted by atomic mass is 32.2. The average molecular weight is 355 g/mol. The van der Waals surface area contributed by atoms with Crippen molar-refractivity contribution in [2.75, 3.05) is 11.1 Å². The number of halogens is 4. The van der Waals surface area contributed by atoms with Gasteiger partial charge in [-0.3, -0.25) is 4.79 Å². The second kappa shape index (κ2) is 6.52. The minimum absolute atomic E-state index is 0.152. The summed E-state index contributed by atoms with van der Waals surface area (Å²) in [5.41, 5.74) is 0.232. The van der Waals surface area contributed by atoms with E-state index in [9.17, 15) is 22.4 Å². The second-order valence-corrected chi connectivity index (χ2v) is 5.75. The van der Waals surface area contributed by atoms with Gasteiger partial charge >= 0.3 is 0 Å². The molecule has 1 amide bonds. The van der Waals surface area contributed by atoms with Crippen molar-refractivity contribution >= 4 is 34.4 Å². The Morgan fingerprint density at radius 2 is 1.83 bits per heavy atom. The fraction of sp³-hybridized carbons (Fsp3) is 0.0667. The van der Waals surface area contributed by atoms with Crippen LogP contribution in [0.1, 0.15) is 0 Å². The Labute approximate surface area is 137 Å². The molecule has 124 valence electrons. The van der Waals surface area contributed by atoms with Crippen LogP contribution in [0.5, 0.6) is 0 Å². The standard InChI is InChI=1S/C15H9F4N3OS/c16-7-1-2-8(17)11(3-7)20-14(23)6-24-15-21-12-4-9(18)10(19)5-13(12)22-15/h1-5H,6H2,(H,20,23)(H,21,22). The predicted molar refractivity (Wildman–Crippen MR) is 81.7 cm³/mol. The largest absolute Gasteiger partial charge is 0.333 e. The molecule has 0 saturated heterocycles. The summed E-state index contributed by atoms with van der Waals surface area (Å²) in [5, 5.41) is 2.51. The lowest BCUT2D eigenvalue weighted by Crippen LogP contribution is -2.15. The summed E-state index contributed by atoms with van der Waals surface area (Å²) in [6, 6.07) is 4.61. The van der Waals surface area contributed by atoms with Crippen molar-refractivity contribution in [1.82, 2.24) is 9.97 Å². The molecule has 0 radical (unpaired) electrons. The predicted octanol–water partition coefficient (Wildman–Crippen LogP) is 3.85. The number of rotatable bonds is 4. The Morgan fingerprint density at radius 1 is 1.08 bits per heavy atom. The van der Waals surface area contributed by atoms with E-state index < -0.39 is 29.2 Å². The van der Waals surface area contributed by atoms with Crippen molar-refractivity contribution in [3.05, 3.63) is 53.6 Å². The van der Waals surface area contributed by atoms with E-state index in [-0.39, 0.29) is 27.6 Å². The number of amides is 1. The van der Waals surface area contributed by atoms with E-state index in [0.717, 1.165) is 42.1 Å². The lowest BCUT2D eigenvalue weighted by molar-refractivity contribution is -0.113. The molecular weight excluding hydrogens is 346 g/mol. The molecule has 0 atom stereocenters. The minimum atomic E-state index is -1.02. The molecule has 4 nitrogen and oxygen atoms in total. The highest BCUT2D eigenvalue weighted by Gasteiger charge is 2.12. The van der Waals surface area contributed by atoms with Gasteiger partial charge in [-0.1, -0.05) is 11.8 Å². The molecule has 2 N–H and O–H groups in total. The monoisotopic (exact) mass is 355 g/mol. The van der Waals surface area contributed by atoms with Gasteiger partial charge in [-0.25, -0.2) is 22.5 Å². The zero-order chi connectivity index (χ0) is 17.3. The zero-order valence-corrected chi connectivity index (χ0v) is 12.7. The molecule has 24 heavy (non-hydrogen) atoms. The number of hydrogen-bond acceptors (Lipinski definition) is 3. The summed E-state index contributed by atoms with van der Waals surface area (Å²) >= 11 is 0.955. The third-order valence-corrected chi connectivity index (χ3v) is 3.92. The van der Waals surface area contributed by atoms with Gasteiger partial charge < -0.3 is 10.3 Å². The molecule has 0 aliphatic carbocycles. The fourth-order valence-electron chi connectivity index (χ4n) is 1.96. The average Bonchev–Trinajstić information content (AvgIpc) is 2.91. The van der Waals surface area contributed by atoms with Gasteiger partial charge in [-0.05, 0) is 12.1 Å². The Kier molecular flexibility index (Phi) is 4.43.